The average Bonchev–Trinajstić information content (AvgIpc) is 2.90. The maximum Gasteiger partial charge on any atom is 0.344 e. The molecule has 0 aliphatic carbocycles. The molecular weight excluding hydrogens is 306 g/mol. The van der Waals surface area contributed by atoms with E-state index < -0.39 is 10.9 Å². The molecule has 2 aromatic rings. The van der Waals surface area contributed by atoms with E-state index in [0.29, 0.717) is 12.2 Å². The van der Waals surface area contributed by atoms with Crippen LogP contribution in [0.3, 0.4) is 0 Å². The van der Waals surface area contributed by atoms with E-state index in [9.17, 15) is 14.9 Å². The summed E-state index contributed by atoms with van der Waals surface area (Å²) in [6.45, 7) is 2.47. The van der Waals surface area contributed by atoms with Gasteiger partial charge < -0.3 is 9.64 Å². The third-order valence-corrected chi connectivity index (χ3v) is 3.91. The largest absolute Gasteiger partial charge is 0.465 e. The first-order valence-corrected chi connectivity index (χ1v) is 7.29. The smallest absolute Gasteiger partial charge is 0.344 e. The van der Waals surface area contributed by atoms with Gasteiger partial charge in [0.1, 0.15) is 5.56 Å². The highest BCUT2D eigenvalue weighted by Gasteiger charge is 2.22. The van der Waals surface area contributed by atoms with Crippen molar-refractivity contribution in [2.75, 3.05) is 19.1 Å². The number of ether oxygens (including phenoxy) is 1. The molecule has 22 heavy (non-hydrogen) atoms. The fourth-order valence-corrected chi connectivity index (χ4v) is 2.61. The Morgan fingerprint density at radius 3 is 2.77 bits per heavy atom. The predicted molar refractivity (Wildman–Crippen MR) is 83.4 cm³/mol. The Bertz CT molecular complexity index is 714. The second kappa shape index (κ2) is 6.52. The van der Waals surface area contributed by atoms with Crippen molar-refractivity contribution < 1.29 is 14.5 Å². The van der Waals surface area contributed by atoms with E-state index in [1.807, 2.05) is 24.3 Å². The van der Waals surface area contributed by atoms with E-state index in [4.69, 9.17) is 0 Å². The van der Waals surface area contributed by atoms with Crippen molar-refractivity contribution in [2.45, 2.75) is 13.5 Å². The number of anilines is 1. The highest BCUT2D eigenvalue weighted by atomic mass is 32.1. The van der Waals surface area contributed by atoms with Crippen LogP contribution in [0.1, 0.15) is 21.1 Å². The lowest BCUT2D eigenvalue weighted by molar-refractivity contribution is -0.385. The monoisotopic (exact) mass is 321 g/mol. The van der Waals surface area contributed by atoms with Gasteiger partial charge >= 0.3 is 5.97 Å². The molecule has 0 saturated carbocycles. The lowest BCUT2D eigenvalue weighted by Crippen LogP contribution is -2.17. The number of nitrogens with zero attached hydrogens (tertiary/aromatic N) is 3. The number of methoxy groups -OCH3 is 1. The number of aromatic nitrogens is 1. The molecule has 0 bridgehead atoms. The number of thiazole rings is 1. The molecule has 1 aromatic carbocycles. The molecule has 7 nitrogen and oxygen atoms in total. The van der Waals surface area contributed by atoms with Crippen molar-refractivity contribution in [1.82, 2.24) is 4.98 Å². The second-order valence-electron chi connectivity index (χ2n) is 4.66. The normalized spacial score (nSPS) is 10.3. The number of hydrogen-bond acceptors (Lipinski definition) is 7. The van der Waals surface area contributed by atoms with Crippen molar-refractivity contribution >= 4 is 28.7 Å². The first-order chi connectivity index (χ1) is 10.4. The SMILES string of the molecule is COC(=O)c1cc(N(C)Cc2csc(C)n2)ccc1[N+](=O)[O-]. The summed E-state index contributed by atoms with van der Waals surface area (Å²) in [5, 5.41) is 13.9. The molecule has 1 heterocycles. The molecule has 0 saturated heterocycles. The standard InChI is InChI=1S/C14H15N3O4S/c1-9-15-10(8-22-9)7-16(2)11-4-5-13(17(19)20)12(6-11)14(18)21-3/h4-6,8H,7H2,1-3H3. The van der Waals surface area contributed by atoms with Crippen molar-refractivity contribution in [3.8, 4) is 0 Å². The van der Waals surface area contributed by atoms with Crippen LogP contribution in [-0.2, 0) is 11.3 Å². The molecule has 0 spiro atoms. The second-order valence-corrected chi connectivity index (χ2v) is 5.73. The summed E-state index contributed by atoms with van der Waals surface area (Å²) in [5.74, 6) is -0.730. The Morgan fingerprint density at radius 2 is 2.23 bits per heavy atom. The average molecular weight is 321 g/mol. The zero-order valence-corrected chi connectivity index (χ0v) is 13.2. The van der Waals surface area contributed by atoms with E-state index in [0.717, 1.165) is 10.7 Å². The van der Waals surface area contributed by atoms with Gasteiger partial charge in [-0.05, 0) is 19.1 Å². The Hall–Kier alpha value is -2.48. The Kier molecular flexibility index (Phi) is 4.71. The molecule has 0 unspecified atom stereocenters. The van der Waals surface area contributed by atoms with Crippen LogP contribution in [0.5, 0.6) is 0 Å². The van der Waals surface area contributed by atoms with Gasteiger partial charge in [0.15, 0.2) is 0 Å². The minimum atomic E-state index is -0.730. The summed E-state index contributed by atoms with van der Waals surface area (Å²) in [4.78, 5) is 28.4. The number of esters is 1. The van der Waals surface area contributed by atoms with Gasteiger partial charge in [0, 0.05) is 24.2 Å². The Morgan fingerprint density at radius 1 is 1.50 bits per heavy atom. The lowest BCUT2D eigenvalue weighted by atomic mass is 10.1. The first kappa shape index (κ1) is 15.9. The summed E-state index contributed by atoms with van der Waals surface area (Å²) in [6.07, 6.45) is 0. The highest BCUT2D eigenvalue weighted by Crippen LogP contribution is 2.26. The zero-order chi connectivity index (χ0) is 16.3. The van der Waals surface area contributed by atoms with Crippen LogP contribution < -0.4 is 4.90 Å². The van der Waals surface area contributed by atoms with Crippen LogP contribution in [0.4, 0.5) is 11.4 Å². The van der Waals surface area contributed by atoms with Crippen molar-refractivity contribution in [2.24, 2.45) is 0 Å². The molecule has 0 aliphatic heterocycles. The van der Waals surface area contributed by atoms with Crippen LogP contribution >= 0.6 is 11.3 Å². The van der Waals surface area contributed by atoms with Crippen molar-refractivity contribution in [3.63, 3.8) is 0 Å². The summed E-state index contributed by atoms with van der Waals surface area (Å²) < 4.78 is 4.61. The van der Waals surface area contributed by atoms with Crippen molar-refractivity contribution in [3.05, 3.63) is 50.0 Å². The van der Waals surface area contributed by atoms with Crippen LogP contribution in [0.2, 0.25) is 0 Å². The molecule has 0 N–H and O–H groups in total. The minimum absolute atomic E-state index is 0.0636. The molecule has 1 aromatic heterocycles. The quantitative estimate of drug-likeness (QED) is 0.478. The number of rotatable bonds is 5. The number of nitro benzene ring substituents is 1. The fourth-order valence-electron chi connectivity index (χ4n) is 2.01. The molecule has 0 atom stereocenters. The molecule has 0 radical (unpaired) electrons. The number of nitro groups is 1. The molecule has 2 rings (SSSR count). The van der Waals surface area contributed by atoms with Gasteiger partial charge in [-0.1, -0.05) is 0 Å². The van der Waals surface area contributed by atoms with Gasteiger partial charge in [0.05, 0.1) is 29.3 Å². The van der Waals surface area contributed by atoms with E-state index >= 15 is 0 Å². The minimum Gasteiger partial charge on any atom is -0.465 e. The molecule has 8 heteroatoms. The number of carbonyl (C=O) groups excluding carboxylic acids is 1. The van der Waals surface area contributed by atoms with Gasteiger partial charge in [-0.25, -0.2) is 9.78 Å². The number of carbonyl (C=O) groups is 1. The number of hydrogen-bond donors (Lipinski definition) is 0. The van der Waals surface area contributed by atoms with E-state index in [2.05, 4.69) is 9.72 Å². The predicted octanol–water partition coefficient (Wildman–Crippen LogP) is 2.78. The first-order valence-electron chi connectivity index (χ1n) is 6.41. The summed E-state index contributed by atoms with van der Waals surface area (Å²) in [5.41, 5.74) is 1.25. The van der Waals surface area contributed by atoms with Crippen LogP contribution in [0.15, 0.2) is 23.6 Å². The molecular formula is C14H15N3O4S. The number of aryl methyl sites for hydroxylation is 1. The zero-order valence-electron chi connectivity index (χ0n) is 12.4. The lowest BCUT2D eigenvalue weighted by Gasteiger charge is -2.18. The summed E-state index contributed by atoms with van der Waals surface area (Å²) >= 11 is 1.56. The van der Waals surface area contributed by atoms with Gasteiger partial charge in [0.25, 0.3) is 5.69 Å². The highest BCUT2D eigenvalue weighted by molar-refractivity contribution is 7.09. The summed E-state index contributed by atoms with van der Waals surface area (Å²) in [6, 6.07) is 4.37. The molecule has 0 amide bonds. The molecule has 0 aliphatic rings. The molecule has 116 valence electrons. The van der Waals surface area contributed by atoms with Gasteiger partial charge in [0.2, 0.25) is 0 Å². The Labute approximate surface area is 131 Å². The van der Waals surface area contributed by atoms with Crippen molar-refractivity contribution in [1.29, 1.82) is 0 Å². The van der Waals surface area contributed by atoms with Gasteiger partial charge in [-0.3, -0.25) is 10.1 Å². The topological polar surface area (TPSA) is 85.6 Å². The van der Waals surface area contributed by atoms with Crippen LogP contribution in [-0.4, -0.2) is 30.0 Å². The third kappa shape index (κ3) is 3.40. The van der Waals surface area contributed by atoms with Gasteiger partial charge in [-0.2, -0.15) is 0 Å². The van der Waals surface area contributed by atoms with E-state index in [-0.39, 0.29) is 11.3 Å². The third-order valence-electron chi connectivity index (χ3n) is 3.09. The maximum atomic E-state index is 11.7. The Balaban J connectivity index is 2.31. The van der Waals surface area contributed by atoms with E-state index in [1.165, 1.54) is 19.2 Å². The van der Waals surface area contributed by atoms with Gasteiger partial charge in [-0.15, -0.1) is 11.3 Å². The maximum absolute atomic E-state index is 11.7. The fraction of sp³-hybridized carbons (Fsp3) is 0.286. The van der Waals surface area contributed by atoms with E-state index in [1.54, 1.807) is 17.4 Å². The molecule has 0 fully saturated rings. The van der Waals surface area contributed by atoms with Crippen LogP contribution in [0, 0.1) is 17.0 Å². The summed E-state index contributed by atoms with van der Waals surface area (Å²) in [7, 11) is 3.03. The van der Waals surface area contributed by atoms with Crippen LogP contribution in [0.25, 0.3) is 0 Å². The number of benzene rings is 1.